The van der Waals surface area contributed by atoms with E-state index in [1.165, 1.54) is 0 Å². The van der Waals surface area contributed by atoms with Gasteiger partial charge in [-0.05, 0) is 18.8 Å². The molecule has 0 amide bonds. The van der Waals surface area contributed by atoms with Gasteiger partial charge in [-0.1, -0.05) is 0 Å². The summed E-state index contributed by atoms with van der Waals surface area (Å²) in [5, 5.41) is 0. The third-order valence-electron chi connectivity index (χ3n) is 2.01. The molecule has 0 bridgehead atoms. The van der Waals surface area contributed by atoms with Gasteiger partial charge in [0, 0.05) is 0 Å². The highest BCUT2D eigenvalue weighted by atomic mass is 32.2. The second-order valence-corrected chi connectivity index (χ2v) is 5.16. The lowest BCUT2D eigenvalue weighted by Gasteiger charge is -2.34. The van der Waals surface area contributed by atoms with Gasteiger partial charge in [-0.25, -0.2) is 0 Å². The van der Waals surface area contributed by atoms with Gasteiger partial charge in [-0.3, -0.25) is 8.92 Å². The van der Waals surface area contributed by atoms with Crippen LogP contribution in [0.3, 0.4) is 0 Å². The lowest BCUT2D eigenvalue weighted by atomic mass is 9.83. The summed E-state index contributed by atoms with van der Waals surface area (Å²) in [6.45, 7) is -0.0729. The monoisotopic (exact) mass is 248 g/mol. The van der Waals surface area contributed by atoms with Crippen molar-refractivity contribution in [2.24, 2.45) is 5.92 Å². The molecule has 0 aromatic rings. The summed E-state index contributed by atoms with van der Waals surface area (Å²) in [5.41, 5.74) is 0. The van der Waals surface area contributed by atoms with Gasteiger partial charge in [-0.15, -0.1) is 13.2 Å². The van der Waals surface area contributed by atoms with E-state index in [2.05, 4.69) is 8.92 Å². The largest absolute Gasteiger partial charge is 0.522 e. The van der Waals surface area contributed by atoms with Gasteiger partial charge in [0.15, 0.2) is 0 Å². The molecule has 1 fully saturated rings. The van der Waals surface area contributed by atoms with Crippen molar-refractivity contribution in [2.45, 2.75) is 25.3 Å². The molecule has 15 heavy (non-hydrogen) atoms. The molecule has 0 heterocycles. The number of ether oxygens (including phenoxy) is 1. The fourth-order valence-corrected chi connectivity index (χ4v) is 1.76. The van der Waals surface area contributed by atoms with E-state index in [9.17, 15) is 21.6 Å². The summed E-state index contributed by atoms with van der Waals surface area (Å²) in [4.78, 5) is 0. The molecule has 0 aromatic carbocycles. The molecule has 0 radical (unpaired) electrons. The Labute approximate surface area is 85.5 Å². The molecule has 1 aliphatic carbocycles. The van der Waals surface area contributed by atoms with E-state index < -0.39 is 22.6 Å². The summed E-state index contributed by atoms with van der Waals surface area (Å²) in [6, 6.07) is 0. The van der Waals surface area contributed by atoms with Gasteiger partial charge in [0.1, 0.15) is 0 Å². The minimum Gasteiger partial charge on any atom is -0.289 e. The van der Waals surface area contributed by atoms with Crippen LogP contribution in [0.4, 0.5) is 13.2 Å². The molecule has 1 rings (SSSR count). The van der Waals surface area contributed by atoms with Gasteiger partial charge < -0.3 is 0 Å². The summed E-state index contributed by atoms with van der Waals surface area (Å²) >= 11 is 0. The van der Waals surface area contributed by atoms with Crippen LogP contribution in [0.1, 0.15) is 12.8 Å². The van der Waals surface area contributed by atoms with E-state index in [4.69, 9.17) is 0 Å². The van der Waals surface area contributed by atoms with Crippen LogP contribution in [-0.4, -0.2) is 33.7 Å². The average Bonchev–Trinajstić information content (AvgIpc) is 1.89. The van der Waals surface area contributed by atoms with E-state index in [0.29, 0.717) is 0 Å². The highest BCUT2D eigenvalue weighted by Gasteiger charge is 2.40. The van der Waals surface area contributed by atoms with Gasteiger partial charge in [0.25, 0.3) is 10.1 Å². The molecule has 1 saturated carbocycles. The van der Waals surface area contributed by atoms with Crippen molar-refractivity contribution < 1.29 is 30.5 Å². The van der Waals surface area contributed by atoms with Crippen LogP contribution < -0.4 is 0 Å². The third-order valence-corrected chi connectivity index (χ3v) is 2.57. The number of alkyl halides is 3. The van der Waals surface area contributed by atoms with E-state index in [1.54, 1.807) is 0 Å². The van der Waals surface area contributed by atoms with Gasteiger partial charge in [-0.2, -0.15) is 8.42 Å². The number of halogens is 3. The summed E-state index contributed by atoms with van der Waals surface area (Å²) in [6.07, 6.45) is -4.23. The topological polar surface area (TPSA) is 52.6 Å². The normalized spacial score (nSPS) is 27.5. The number of rotatable bonds is 4. The maximum absolute atomic E-state index is 11.7. The Morgan fingerprint density at radius 3 is 2.27 bits per heavy atom. The zero-order chi connectivity index (χ0) is 11.7. The highest BCUT2D eigenvalue weighted by Crippen LogP contribution is 2.34. The Bertz CT molecular complexity index is 305. The Morgan fingerprint density at radius 2 is 1.87 bits per heavy atom. The molecule has 0 atom stereocenters. The summed E-state index contributed by atoms with van der Waals surface area (Å²) < 4.78 is 64.3. The summed E-state index contributed by atoms with van der Waals surface area (Å²) in [5.74, 6) is -0.174. The van der Waals surface area contributed by atoms with E-state index in [-0.39, 0.29) is 25.4 Å². The quantitative estimate of drug-likeness (QED) is 0.703. The smallest absolute Gasteiger partial charge is 0.289 e. The van der Waals surface area contributed by atoms with Crippen LogP contribution in [0.15, 0.2) is 0 Å². The first-order chi connectivity index (χ1) is 6.66. The Kier molecular flexibility index (Phi) is 3.62. The molecular weight excluding hydrogens is 237 g/mol. The van der Waals surface area contributed by atoms with E-state index >= 15 is 0 Å². The van der Waals surface area contributed by atoms with Crippen molar-refractivity contribution in [2.75, 3.05) is 12.9 Å². The second kappa shape index (κ2) is 4.26. The third kappa shape index (κ3) is 5.33. The first kappa shape index (κ1) is 12.7. The molecule has 4 nitrogen and oxygen atoms in total. The lowest BCUT2D eigenvalue weighted by molar-refractivity contribution is -0.354. The van der Waals surface area contributed by atoms with Crippen LogP contribution in [0.2, 0.25) is 0 Å². The zero-order valence-corrected chi connectivity index (χ0v) is 8.77. The van der Waals surface area contributed by atoms with Crippen molar-refractivity contribution in [3.8, 4) is 0 Å². The molecule has 0 N–H and O–H groups in total. The lowest BCUT2D eigenvalue weighted by Crippen LogP contribution is -2.38. The molecule has 0 aromatic heterocycles. The fourth-order valence-electron chi connectivity index (χ4n) is 1.32. The SMILES string of the molecule is CS(=O)(=O)OCC1CC(OC(F)(F)F)C1. The Morgan fingerprint density at radius 1 is 1.33 bits per heavy atom. The second-order valence-electron chi connectivity index (χ2n) is 3.51. The van der Waals surface area contributed by atoms with Crippen LogP contribution >= 0.6 is 0 Å². The van der Waals surface area contributed by atoms with Crippen molar-refractivity contribution in [1.29, 1.82) is 0 Å². The van der Waals surface area contributed by atoms with Crippen LogP contribution in [0, 0.1) is 5.92 Å². The van der Waals surface area contributed by atoms with Crippen molar-refractivity contribution in [1.82, 2.24) is 0 Å². The van der Waals surface area contributed by atoms with Crippen LogP contribution in [-0.2, 0) is 19.0 Å². The predicted octanol–water partition coefficient (Wildman–Crippen LogP) is 1.28. The maximum atomic E-state index is 11.7. The molecule has 1 aliphatic rings. The van der Waals surface area contributed by atoms with Crippen molar-refractivity contribution >= 4 is 10.1 Å². The highest BCUT2D eigenvalue weighted by molar-refractivity contribution is 7.85. The fraction of sp³-hybridized carbons (Fsp3) is 1.00. The van der Waals surface area contributed by atoms with E-state index in [0.717, 1.165) is 6.26 Å². The first-order valence-corrected chi connectivity index (χ1v) is 6.06. The maximum Gasteiger partial charge on any atom is 0.522 e. The Balaban J connectivity index is 2.16. The predicted molar refractivity (Wildman–Crippen MR) is 44.4 cm³/mol. The number of hydrogen-bond acceptors (Lipinski definition) is 4. The average molecular weight is 248 g/mol. The molecule has 0 spiro atoms. The molecule has 90 valence electrons. The minimum atomic E-state index is -4.62. The van der Waals surface area contributed by atoms with Gasteiger partial charge in [0.05, 0.1) is 19.0 Å². The van der Waals surface area contributed by atoms with Crippen LogP contribution in [0.25, 0.3) is 0 Å². The Hall–Kier alpha value is -0.340. The molecular formula is C7H11F3O4S. The van der Waals surface area contributed by atoms with Crippen molar-refractivity contribution in [3.63, 3.8) is 0 Å². The molecule has 0 saturated heterocycles. The van der Waals surface area contributed by atoms with Crippen molar-refractivity contribution in [3.05, 3.63) is 0 Å². The standard InChI is InChI=1S/C7H11F3O4S/c1-15(11,12)13-4-5-2-6(3-5)14-7(8,9)10/h5-6H,2-4H2,1H3. The minimum absolute atomic E-state index is 0.0729. The van der Waals surface area contributed by atoms with E-state index in [1.807, 2.05) is 0 Å². The van der Waals surface area contributed by atoms with Gasteiger partial charge >= 0.3 is 6.36 Å². The number of hydrogen-bond donors (Lipinski definition) is 0. The van der Waals surface area contributed by atoms with Gasteiger partial charge in [0.2, 0.25) is 0 Å². The molecule has 0 unspecified atom stereocenters. The zero-order valence-electron chi connectivity index (χ0n) is 7.95. The molecule has 8 heteroatoms. The first-order valence-electron chi connectivity index (χ1n) is 4.24. The summed E-state index contributed by atoms with van der Waals surface area (Å²) in [7, 11) is -3.51. The van der Waals surface area contributed by atoms with Crippen LogP contribution in [0.5, 0.6) is 0 Å². The molecule has 0 aliphatic heterocycles.